The maximum absolute atomic E-state index is 10.1. The molecule has 5 heteroatoms. The normalized spacial score (nSPS) is 22.0. The molecule has 1 aromatic heterocycles. The molecule has 0 aliphatic carbocycles. The third-order valence-electron chi connectivity index (χ3n) is 4.09. The van der Waals surface area contributed by atoms with Gasteiger partial charge in [0.25, 0.3) is 0 Å². The Bertz CT molecular complexity index is 650. The van der Waals surface area contributed by atoms with Gasteiger partial charge in [0.05, 0.1) is 18.2 Å². The number of rotatable bonds is 4. The second kappa shape index (κ2) is 6.65. The van der Waals surface area contributed by atoms with Gasteiger partial charge in [0.2, 0.25) is 0 Å². The van der Waals surface area contributed by atoms with Gasteiger partial charge in [-0.2, -0.15) is 0 Å². The molecule has 116 valence electrons. The molecule has 1 N–H and O–H groups in total. The molecule has 3 rings (SSSR count). The van der Waals surface area contributed by atoms with Crippen molar-refractivity contribution in [3.8, 4) is 5.75 Å². The highest BCUT2D eigenvalue weighted by Gasteiger charge is 2.32. The third kappa shape index (κ3) is 3.24. The highest BCUT2D eigenvalue weighted by molar-refractivity contribution is 6.31. The fourth-order valence-corrected chi connectivity index (χ4v) is 3.18. The lowest BCUT2D eigenvalue weighted by Gasteiger charge is -2.25. The largest absolute Gasteiger partial charge is 0.497 e. The number of aliphatic hydroxyl groups excluding tert-OH is 1. The predicted octanol–water partition coefficient (Wildman–Crippen LogP) is 3.05. The van der Waals surface area contributed by atoms with E-state index >= 15 is 0 Å². The predicted molar refractivity (Wildman–Crippen MR) is 86.0 cm³/mol. The van der Waals surface area contributed by atoms with Crippen LogP contribution >= 0.6 is 11.6 Å². The van der Waals surface area contributed by atoms with Crippen LogP contribution in [0.25, 0.3) is 0 Å². The van der Waals surface area contributed by atoms with Crippen LogP contribution in [-0.4, -0.2) is 34.7 Å². The molecule has 1 aromatic carbocycles. The van der Waals surface area contributed by atoms with Gasteiger partial charge < -0.3 is 9.84 Å². The van der Waals surface area contributed by atoms with Gasteiger partial charge in [0.15, 0.2) is 0 Å². The molecule has 1 aliphatic heterocycles. The lowest BCUT2D eigenvalue weighted by molar-refractivity contribution is 0.172. The van der Waals surface area contributed by atoms with Crippen molar-refractivity contribution in [1.29, 1.82) is 0 Å². The van der Waals surface area contributed by atoms with Gasteiger partial charge in [-0.3, -0.25) is 9.88 Å². The lowest BCUT2D eigenvalue weighted by atomic mass is 10.0. The Balaban J connectivity index is 1.84. The zero-order valence-corrected chi connectivity index (χ0v) is 13.2. The summed E-state index contributed by atoms with van der Waals surface area (Å²) in [5, 5.41) is 10.7. The van der Waals surface area contributed by atoms with Gasteiger partial charge >= 0.3 is 0 Å². The van der Waals surface area contributed by atoms with E-state index < -0.39 is 0 Å². The quantitative estimate of drug-likeness (QED) is 0.941. The average molecular weight is 319 g/mol. The Morgan fingerprint density at radius 2 is 2.27 bits per heavy atom. The minimum atomic E-state index is -0.322. The molecule has 0 saturated carbocycles. The minimum absolute atomic E-state index is 0.161. The first-order chi connectivity index (χ1) is 10.7. The standard InChI is InChI=1S/C17H19ClN2O2/c1-22-15-4-2-3-12(7-15)17-8-14(21)11-20(17)10-13-5-6-19-9-16(13)18/h2-7,9,14,17,21H,8,10-11H2,1H3/t14-,17-/m0/s1. The molecule has 4 nitrogen and oxygen atoms in total. The van der Waals surface area contributed by atoms with E-state index in [9.17, 15) is 5.11 Å². The van der Waals surface area contributed by atoms with Gasteiger partial charge in [-0.15, -0.1) is 0 Å². The molecule has 1 saturated heterocycles. The van der Waals surface area contributed by atoms with E-state index in [0.29, 0.717) is 18.1 Å². The van der Waals surface area contributed by atoms with Crippen LogP contribution in [0.1, 0.15) is 23.6 Å². The van der Waals surface area contributed by atoms with Crippen molar-refractivity contribution in [2.75, 3.05) is 13.7 Å². The number of β-amino-alcohol motifs (C(OH)–C–C–N with tert-alkyl or cyclic N) is 1. The minimum Gasteiger partial charge on any atom is -0.497 e. The number of likely N-dealkylation sites (tertiary alicyclic amines) is 1. The molecule has 2 aromatic rings. The smallest absolute Gasteiger partial charge is 0.119 e. The van der Waals surface area contributed by atoms with E-state index in [-0.39, 0.29) is 12.1 Å². The zero-order valence-electron chi connectivity index (χ0n) is 12.4. The molecule has 2 atom stereocenters. The van der Waals surface area contributed by atoms with Gasteiger partial charge in [-0.05, 0) is 35.7 Å². The average Bonchev–Trinajstić information content (AvgIpc) is 2.90. The van der Waals surface area contributed by atoms with Gasteiger partial charge in [-0.25, -0.2) is 0 Å². The zero-order chi connectivity index (χ0) is 15.5. The van der Waals surface area contributed by atoms with Gasteiger partial charge in [-0.1, -0.05) is 23.7 Å². The third-order valence-corrected chi connectivity index (χ3v) is 4.43. The van der Waals surface area contributed by atoms with Gasteiger partial charge in [0, 0.05) is 31.5 Å². The summed E-state index contributed by atoms with van der Waals surface area (Å²) >= 11 is 6.21. The molecule has 0 bridgehead atoms. The van der Waals surface area contributed by atoms with Crippen LogP contribution in [0.5, 0.6) is 5.75 Å². The number of pyridine rings is 1. The monoisotopic (exact) mass is 318 g/mol. The summed E-state index contributed by atoms with van der Waals surface area (Å²) in [6.07, 6.45) is 3.80. The molecule has 22 heavy (non-hydrogen) atoms. The van der Waals surface area contributed by atoms with Crippen LogP contribution in [0.3, 0.4) is 0 Å². The summed E-state index contributed by atoms with van der Waals surface area (Å²) in [4.78, 5) is 6.27. The Morgan fingerprint density at radius 3 is 3.05 bits per heavy atom. The lowest BCUT2D eigenvalue weighted by Crippen LogP contribution is -2.24. The first-order valence-corrected chi connectivity index (χ1v) is 7.69. The van der Waals surface area contributed by atoms with Crippen molar-refractivity contribution >= 4 is 11.6 Å². The summed E-state index contributed by atoms with van der Waals surface area (Å²) in [6, 6.07) is 10.1. The highest BCUT2D eigenvalue weighted by Crippen LogP contribution is 2.35. The molecular weight excluding hydrogens is 300 g/mol. The van der Waals surface area contributed by atoms with Crippen LogP contribution in [0.15, 0.2) is 42.7 Å². The van der Waals surface area contributed by atoms with Crippen molar-refractivity contribution in [2.24, 2.45) is 0 Å². The molecular formula is C17H19ClN2O2. The fraction of sp³-hybridized carbons (Fsp3) is 0.353. The maximum Gasteiger partial charge on any atom is 0.119 e. The first kappa shape index (κ1) is 15.3. The number of benzene rings is 1. The summed E-state index contributed by atoms with van der Waals surface area (Å²) < 4.78 is 5.30. The molecule has 1 aliphatic rings. The van der Waals surface area contributed by atoms with Crippen molar-refractivity contribution in [3.05, 3.63) is 58.9 Å². The van der Waals surface area contributed by atoms with Crippen LogP contribution in [0.4, 0.5) is 0 Å². The molecule has 0 radical (unpaired) electrons. The molecule has 0 amide bonds. The fourth-order valence-electron chi connectivity index (χ4n) is 3.00. The Morgan fingerprint density at radius 1 is 1.41 bits per heavy atom. The molecule has 1 fully saturated rings. The van der Waals surface area contributed by atoms with E-state index in [2.05, 4.69) is 16.0 Å². The topological polar surface area (TPSA) is 45.6 Å². The van der Waals surface area contributed by atoms with E-state index in [0.717, 1.165) is 23.3 Å². The van der Waals surface area contributed by atoms with Crippen molar-refractivity contribution in [2.45, 2.75) is 25.1 Å². The number of aliphatic hydroxyl groups is 1. The van der Waals surface area contributed by atoms with E-state index in [4.69, 9.17) is 16.3 Å². The summed E-state index contributed by atoms with van der Waals surface area (Å²) in [5.41, 5.74) is 2.18. The summed E-state index contributed by atoms with van der Waals surface area (Å²) in [5.74, 6) is 0.834. The second-order valence-corrected chi connectivity index (χ2v) is 5.99. The number of hydrogen-bond acceptors (Lipinski definition) is 4. The van der Waals surface area contributed by atoms with Gasteiger partial charge in [0.1, 0.15) is 5.75 Å². The van der Waals surface area contributed by atoms with E-state index in [1.807, 2.05) is 24.3 Å². The highest BCUT2D eigenvalue weighted by atomic mass is 35.5. The van der Waals surface area contributed by atoms with Crippen molar-refractivity contribution in [3.63, 3.8) is 0 Å². The van der Waals surface area contributed by atoms with Crippen LogP contribution in [-0.2, 0) is 6.54 Å². The number of methoxy groups -OCH3 is 1. The van der Waals surface area contributed by atoms with E-state index in [1.54, 1.807) is 19.5 Å². The van der Waals surface area contributed by atoms with Crippen LogP contribution in [0, 0.1) is 0 Å². The molecule has 2 heterocycles. The molecule has 0 unspecified atom stereocenters. The van der Waals surface area contributed by atoms with Crippen molar-refractivity contribution < 1.29 is 9.84 Å². The number of ether oxygens (including phenoxy) is 1. The second-order valence-electron chi connectivity index (χ2n) is 5.58. The van der Waals surface area contributed by atoms with Crippen LogP contribution < -0.4 is 4.74 Å². The Labute approximate surface area is 135 Å². The number of nitrogens with zero attached hydrogens (tertiary/aromatic N) is 2. The Hall–Kier alpha value is -1.62. The SMILES string of the molecule is COc1cccc([C@@H]2C[C@H](O)CN2Cc2ccncc2Cl)c1. The van der Waals surface area contributed by atoms with E-state index in [1.165, 1.54) is 0 Å². The molecule has 0 spiro atoms. The maximum atomic E-state index is 10.1. The number of hydrogen-bond donors (Lipinski definition) is 1. The van der Waals surface area contributed by atoms with Crippen molar-refractivity contribution in [1.82, 2.24) is 9.88 Å². The summed E-state index contributed by atoms with van der Waals surface area (Å²) in [6.45, 7) is 1.33. The first-order valence-electron chi connectivity index (χ1n) is 7.32. The number of aromatic nitrogens is 1. The number of halogens is 1. The summed E-state index contributed by atoms with van der Waals surface area (Å²) in [7, 11) is 1.66. The van der Waals surface area contributed by atoms with Crippen LogP contribution in [0.2, 0.25) is 5.02 Å². The Kier molecular flexibility index (Phi) is 4.62.